The van der Waals surface area contributed by atoms with Crippen molar-refractivity contribution in [2.75, 3.05) is 62.6 Å². The van der Waals surface area contributed by atoms with Crippen molar-refractivity contribution >= 4 is 37.9 Å². The second kappa shape index (κ2) is 31.9. The van der Waals surface area contributed by atoms with E-state index in [0.717, 1.165) is 34.5 Å². The number of hydrogen-bond donors (Lipinski definition) is 0. The normalized spacial score (nSPS) is 28.8. The zero-order valence-corrected chi connectivity index (χ0v) is 47.9. The SMILES string of the molecule is C1=CC2C=CC1C2.C[P+]1(CC[P+]2(C)CCC[C@H]2Cc2ccccc2)CCC[C@H]1Cc1ccccc1.FB(F)F.[CH3-].[CH3-].[F-].[Rh+3].c1ccc(C[C@@H]2CCC[PH+]2CC[PH+]2CCC[C@H]2Cc2ccccc2)cc1. The van der Waals surface area contributed by atoms with Gasteiger partial charge in [-0.25, -0.2) is 0 Å². The summed E-state index contributed by atoms with van der Waals surface area (Å²) in [5.74, 6) is 1.62. The fraction of sp³-hybridized carbons (Fsp3) is 0.492. The summed E-state index contributed by atoms with van der Waals surface area (Å²) in [4.78, 5) is 0. The molecule has 0 saturated carbocycles. The van der Waals surface area contributed by atoms with Crippen LogP contribution in [0, 0.1) is 26.7 Å². The molecule has 2 aliphatic carbocycles. The molecule has 4 fully saturated rings. The van der Waals surface area contributed by atoms with Crippen LogP contribution in [-0.4, -0.2) is 92.8 Å². The standard InChI is InChI=1S/C26H38P2.C24H32P2.C7H8.2CH3.BF3.FH.Rh/c1-27(17-9-15-25(27)21-23-11-5-3-6-12-23)19-20-28(2)18-10-16-26(28)22-24-13-7-4-8-14-24;1-3-9-21(10-4-1)19-23-13-7-15-25(23)17-18-26-16-8-14-24(26)20-22-11-5-2-6-12-22;1-2-7-4-3-6(1)5-7;;;2-1(3)4;;/h3-8,11-14,25-26H,9-10,15-22H2,1-2H3;1-6,9-12,23-24H,7-8,13-20H2;1-4,6-7H,5H2;2*1H3;;1H;/q+2;;;2*-1;;;+3/p+1/t25-,26-,27?,28?;23-,24-,25?,26?;;;;;;/m00....../s1. The largest absolute Gasteiger partial charge is 3.00 e. The number of hydrogen-bond acceptors (Lipinski definition) is 0. The first-order valence-corrected chi connectivity index (χ1v) is 34.8. The summed E-state index contributed by atoms with van der Waals surface area (Å²) in [6, 6.07) is 45.2. The van der Waals surface area contributed by atoms with E-state index in [9.17, 15) is 12.9 Å². The Hall–Kier alpha value is -1.51. The van der Waals surface area contributed by atoms with Crippen molar-refractivity contribution in [1.82, 2.24) is 0 Å². The summed E-state index contributed by atoms with van der Waals surface area (Å²) in [6.07, 6.45) is 40.7. The van der Waals surface area contributed by atoms with Gasteiger partial charge in [0.2, 0.25) is 0 Å². The predicted octanol–water partition coefficient (Wildman–Crippen LogP) is 13.8. The van der Waals surface area contributed by atoms with E-state index in [2.05, 4.69) is 159 Å². The summed E-state index contributed by atoms with van der Waals surface area (Å²) in [5.41, 5.74) is 10.4. The monoisotopic (exact) mass is 1110 g/mol. The average molecular weight is 1110 g/mol. The molecule has 4 aromatic rings. The third-order valence-corrected chi connectivity index (χ3v) is 33.9. The topological polar surface area (TPSA) is 0 Å². The van der Waals surface area contributed by atoms with Gasteiger partial charge in [-0.05, 0) is 91.9 Å². The van der Waals surface area contributed by atoms with Gasteiger partial charge in [0.15, 0.2) is 0 Å². The quantitative estimate of drug-likeness (QED) is 0.0388. The molecule has 8 atom stereocenters. The summed E-state index contributed by atoms with van der Waals surface area (Å²) in [7, 11) is -5.42. The Morgan fingerprint density at radius 1 is 0.478 bits per heavy atom. The molecule has 0 spiro atoms. The van der Waals surface area contributed by atoms with Crippen LogP contribution in [0.3, 0.4) is 0 Å². The van der Waals surface area contributed by atoms with E-state index in [1.807, 2.05) is 0 Å². The second-order valence-electron chi connectivity index (χ2n) is 20.8. The Morgan fingerprint density at radius 2 is 0.783 bits per heavy atom. The molecule has 10 heteroatoms. The molecule has 6 aliphatic rings. The average Bonchev–Trinajstić information content (AvgIpc) is 4.21. The Kier molecular flexibility index (Phi) is 28.6. The summed E-state index contributed by atoms with van der Waals surface area (Å²) in [6.45, 7) is 5.48. The van der Waals surface area contributed by atoms with Crippen LogP contribution in [0.4, 0.5) is 12.9 Å². The van der Waals surface area contributed by atoms with Crippen LogP contribution in [0.25, 0.3) is 0 Å². The number of benzene rings is 4. The minimum Gasteiger partial charge on any atom is -1.00 e. The van der Waals surface area contributed by atoms with Crippen LogP contribution in [0.5, 0.6) is 0 Å². The zero-order valence-electron chi connectivity index (χ0n) is 42.5. The molecule has 4 saturated heterocycles. The van der Waals surface area contributed by atoms with Gasteiger partial charge in [0.05, 0.1) is 71.9 Å². The number of fused-ring (bicyclic) bond motifs is 2. The summed E-state index contributed by atoms with van der Waals surface area (Å²) >= 11 is 0. The van der Waals surface area contributed by atoms with Gasteiger partial charge in [-0.1, -0.05) is 146 Å². The van der Waals surface area contributed by atoms with Crippen LogP contribution in [-0.2, 0) is 45.2 Å². The minimum atomic E-state index is -3.67. The maximum Gasteiger partial charge on any atom is 3.00 e. The van der Waals surface area contributed by atoms with E-state index in [1.165, 1.54) is 83.5 Å². The fourth-order valence-electron chi connectivity index (χ4n) is 12.4. The van der Waals surface area contributed by atoms with Crippen molar-refractivity contribution in [3.8, 4) is 0 Å². The van der Waals surface area contributed by atoms with Crippen molar-refractivity contribution in [2.45, 2.75) is 106 Å². The van der Waals surface area contributed by atoms with Gasteiger partial charge < -0.3 is 19.6 Å². The predicted molar refractivity (Wildman–Crippen MR) is 306 cm³/mol. The summed E-state index contributed by atoms with van der Waals surface area (Å²) in [5, 5.41) is 0. The van der Waals surface area contributed by atoms with Gasteiger partial charge >= 0.3 is 27.0 Å². The van der Waals surface area contributed by atoms with E-state index in [4.69, 9.17) is 0 Å². The first kappa shape index (κ1) is 61.8. The Labute approximate surface area is 435 Å². The van der Waals surface area contributed by atoms with Gasteiger partial charge in [0.25, 0.3) is 0 Å². The van der Waals surface area contributed by atoms with Gasteiger partial charge in [-0.3, -0.25) is 12.9 Å². The number of halogens is 4. The second-order valence-corrected chi connectivity index (χ2v) is 36.2. The van der Waals surface area contributed by atoms with Gasteiger partial charge in [-0.2, -0.15) is 0 Å². The molecule has 4 aliphatic heterocycles. The van der Waals surface area contributed by atoms with E-state index in [-0.39, 0.29) is 54.9 Å². The molecular weight excluding hydrogens is 1020 g/mol. The van der Waals surface area contributed by atoms with Crippen molar-refractivity contribution in [3.63, 3.8) is 0 Å². The number of allylic oxidation sites excluding steroid dienone is 4. The molecule has 0 radical (unpaired) electrons. The first-order valence-electron chi connectivity index (χ1n) is 25.5. The van der Waals surface area contributed by atoms with Gasteiger partial charge in [0, 0.05) is 69.4 Å². The van der Waals surface area contributed by atoms with Crippen LogP contribution in [0.15, 0.2) is 146 Å². The Morgan fingerprint density at radius 3 is 1.07 bits per heavy atom. The minimum absolute atomic E-state index is 0. The van der Waals surface area contributed by atoms with Crippen molar-refractivity contribution in [2.24, 2.45) is 11.8 Å². The zero-order chi connectivity index (χ0) is 45.3. The van der Waals surface area contributed by atoms with E-state index >= 15 is 0 Å². The third kappa shape index (κ3) is 19.7. The number of rotatable bonds is 14. The van der Waals surface area contributed by atoms with Gasteiger partial charge in [0.1, 0.15) is 0 Å². The molecule has 0 aromatic heterocycles. The molecule has 4 heterocycles. The third-order valence-electron chi connectivity index (χ3n) is 16.4. The molecule has 378 valence electrons. The molecule has 0 amide bonds. The molecule has 2 bridgehead atoms. The van der Waals surface area contributed by atoms with Crippen molar-refractivity contribution in [1.29, 1.82) is 0 Å². The molecule has 69 heavy (non-hydrogen) atoms. The molecule has 10 rings (SSSR count). The van der Waals surface area contributed by atoms with Crippen LogP contribution in [0.1, 0.15) is 80.0 Å². The molecule has 0 N–H and O–H groups in total. The Bertz CT molecular complexity index is 1860. The molecule has 0 nitrogen and oxygen atoms in total. The maximum atomic E-state index is 9.67. The van der Waals surface area contributed by atoms with E-state index < -0.39 is 22.1 Å². The van der Waals surface area contributed by atoms with Crippen LogP contribution < -0.4 is 4.70 Å². The van der Waals surface area contributed by atoms with Crippen molar-refractivity contribution in [3.05, 3.63) is 183 Å². The fourth-order valence-corrected chi connectivity index (χ4v) is 31.0. The molecule has 4 aromatic carbocycles. The van der Waals surface area contributed by atoms with Crippen LogP contribution >= 0.6 is 30.4 Å². The molecule has 4 unspecified atom stereocenters. The first-order chi connectivity index (χ1) is 31.6. The maximum absolute atomic E-state index is 9.67. The van der Waals surface area contributed by atoms with E-state index in [0.29, 0.717) is 0 Å². The van der Waals surface area contributed by atoms with E-state index in [1.54, 1.807) is 71.5 Å². The van der Waals surface area contributed by atoms with Gasteiger partial charge in [-0.15, -0.1) is 0 Å². The Balaban J connectivity index is 0.000000285. The summed E-state index contributed by atoms with van der Waals surface area (Å²) < 4.78 is 29.0. The van der Waals surface area contributed by atoms with Crippen LogP contribution in [0.2, 0.25) is 0 Å². The molecular formula is C59H86BF4P4Rh+4. The smallest absolute Gasteiger partial charge is 1.00 e. The van der Waals surface area contributed by atoms with Crippen molar-refractivity contribution < 1.29 is 37.1 Å².